The van der Waals surface area contributed by atoms with E-state index in [9.17, 15) is 39.4 Å². The van der Waals surface area contributed by atoms with Crippen molar-refractivity contribution in [2.24, 2.45) is 0 Å². The van der Waals surface area contributed by atoms with Crippen molar-refractivity contribution in [3.63, 3.8) is 0 Å². The van der Waals surface area contributed by atoms with Gasteiger partial charge in [0, 0.05) is 30.3 Å². The van der Waals surface area contributed by atoms with Gasteiger partial charge in [0.15, 0.2) is 11.5 Å². The smallest absolute Gasteiger partial charge is 0.343 e. The van der Waals surface area contributed by atoms with Gasteiger partial charge in [0.2, 0.25) is 11.6 Å². The zero-order valence-electron chi connectivity index (χ0n) is 23.7. The summed E-state index contributed by atoms with van der Waals surface area (Å²) in [5.41, 5.74) is -1.30. The van der Waals surface area contributed by atoms with Gasteiger partial charge >= 0.3 is 11.9 Å². The van der Waals surface area contributed by atoms with Crippen LogP contribution in [0.5, 0.6) is 0 Å². The number of hydrogen-bond donors (Lipinski definition) is 0. The fourth-order valence-corrected chi connectivity index (χ4v) is 4.48. The Kier molecular flexibility index (Phi) is 12.0. The number of nitrogens with zero attached hydrogens (tertiary/aromatic N) is 2. The first-order valence-electron chi connectivity index (χ1n) is 14.1. The molecule has 0 bridgehead atoms. The van der Waals surface area contributed by atoms with Gasteiger partial charge in [-0.05, 0) is 25.0 Å². The predicted octanol–water partition coefficient (Wildman–Crippen LogP) is 6.73. The third-order valence-electron chi connectivity index (χ3n) is 6.77. The monoisotopic (exact) mass is 592 g/mol. The number of hydrogen-bond acceptors (Lipinski definition) is 10. The molecule has 0 atom stereocenters. The summed E-state index contributed by atoms with van der Waals surface area (Å²) in [5.74, 6) is -5.07. The van der Waals surface area contributed by atoms with Crippen molar-refractivity contribution in [1.82, 2.24) is 0 Å². The molecule has 43 heavy (non-hydrogen) atoms. The highest BCUT2D eigenvalue weighted by atomic mass is 16.6. The van der Waals surface area contributed by atoms with Crippen molar-refractivity contribution in [1.29, 1.82) is 0 Å². The maximum atomic E-state index is 13.4. The molecule has 0 amide bonds. The first kappa shape index (κ1) is 32.5. The average Bonchev–Trinajstić information content (AvgIpc) is 2.99. The quantitative estimate of drug-likeness (QED) is 0.0668. The molecule has 0 saturated heterocycles. The Hall–Kier alpha value is -5.00. The van der Waals surface area contributed by atoms with Crippen molar-refractivity contribution in [3.05, 3.63) is 103 Å². The number of unbranched alkanes of at least 4 members (excludes halogenated alkanes) is 8. The molecule has 3 rings (SSSR count). The van der Waals surface area contributed by atoms with Crippen molar-refractivity contribution in [2.45, 2.75) is 71.1 Å². The lowest BCUT2D eigenvalue weighted by atomic mass is 9.94. The Morgan fingerprint density at radius 2 is 1.21 bits per heavy atom. The van der Waals surface area contributed by atoms with E-state index in [1.807, 2.05) is 0 Å². The van der Waals surface area contributed by atoms with E-state index in [0.29, 0.717) is 12.5 Å². The molecular formula is C31H32N2O10. The minimum atomic E-state index is -1.09. The van der Waals surface area contributed by atoms with Gasteiger partial charge in [-0.15, -0.1) is 0 Å². The van der Waals surface area contributed by atoms with E-state index in [2.05, 4.69) is 6.92 Å². The maximum Gasteiger partial charge on any atom is 0.343 e. The molecule has 2 aromatic rings. The molecule has 0 N–H and O–H groups in total. The van der Waals surface area contributed by atoms with Gasteiger partial charge in [-0.3, -0.25) is 29.8 Å². The number of carbonyl (C=O) groups excluding carboxylic acids is 4. The maximum absolute atomic E-state index is 13.4. The minimum Gasteiger partial charge on any atom is -0.419 e. The summed E-state index contributed by atoms with van der Waals surface area (Å²) in [6.45, 7) is 2.15. The SMILES string of the molecule is CCCCCCCCCCCC1=C(OC(=O)c2cccc([N+](=O)[O-])c2)C(=O)C=C(OC(=O)c2cccc([N+](=O)[O-])c2)C1=O. The van der Waals surface area contributed by atoms with E-state index in [-0.39, 0.29) is 34.5 Å². The molecule has 12 heteroatoms. The summed E-state index contributed by atoms with van der Waals surface area (Å²) in [6.07, 6.45) is 9.66. The molecule has 0 spiro atoms. The molecule has 0 aliphatic heterocycles. The topological polar surface area (TPSA) is 173 Å². The summed E-state index contributed by atoms with van der Waals surface area (Å²) in [4.78, 5) is 72.8. The van der Waals surface area contributed by atoms with E-state index in [1.165, 1.54) is 49.2 Å². The van der Waals surface area contributed by atoms with Gasteiger partial charge in [-0.1, -0.05) is 70.4 Å². The third-order valence-corrected chi connectivity index (χ3v) is 6.77. The number of Topliss-reactive ketones (excluding diaryl/α,β-unsaturated/α-hetero) is 1. The number of ketones is 2. The van der Waals surface area contributed by atoms with Gasteiger partial charge in [0.05, 0.1) is 26.5 Å². The molecule has 0 aromatic heterocycles. The van der Waals surface area contributed by atoms with Crippen LogP contribution in [0.25, 0.3) is 0 Å². The second kappa shape index (κ2) is 15.9. The van der Waals surface area contributed by atoms with E-state index in [4.69, 9.17) is 9.47 Å². The number of allylic oxidation sites excluding steroid dienone is 2. The van der Waals surface area contributed by atoms with Crippen LogP contribution in [0.15, 0.2) is 71.7 Å². The number of carbonyl (C=O) groups is 4. The number of ether oxygens (including phenoxy) is 2. The van der Waals surface area contributed by atoms with Crippen LogP contribution < -0.4 is 0 Å². The van der Waals surface area contributed by atoms with Gasteiger partial charge in [0.25, 0.3) is 11.4 Å². The van der Waals surface area contributed by atoms with Crippen LogP contribution in [-0.4, -0.2) is 33.4 Å². The van der Waals surface area contributed by atoms with E-state index in [1.54, 1.807) is 0 Å². The van der Waals surface area contributed by atoms with E-state index >= 15 is 0 Å². The second-order valence-corrected chi connectivity index (χ2v) is 9.98. The first-order chi connectivity index (χ1) is 20.6. The van der Waals surface area contributed by atoms with E-state index < -0.39 is 44.9 Å². The molecule has 1 aliphatic carbocycles. The number of nitro groups is 2. The number of non-ortho nitro benzene ring substituents is 2. The summed E-state index contributed by atoms with van der Waals surface area (Å²) < 4.78 is 10.5. The lowest BCUT2D eigenvalue weighted by Gasteiger charge is -2.18. The summed E-state index contributed by atoms with van der Waals surface area (Å²) in [6, 6.07) is 9.42. The first-order valence-corrected chi connectivity index (χ1v) is 14.1. The Morgan fingerprint density at radius 3 is 1.72 bits per heavy atom. The zero-order valence-corrected chi connectivity index (χ0v) is 23.7. The van der Waals surface area contributed by atoms with Crippen LogP contribution in [0.4, 0.5) is 11.4 Å². The van der Waals surface area contributed by atoms with Gasteiger partial charge in [-0.25, -0.2) is 9.59 Å². The Balaban J connectivity index is 1.78. The highest BCUT2D eigenvalue weighted by Crippen LogP contribution is 2.28. The molecule has 0 heterocycles. The molecule has 12 nitrogen and oxygen atoms in total. The third kappa shape index (κ3) is 9.25. The molecule has 1 aliphatic rings. The van der Waals surface area contributed by atoms with Crippen LogP contribution in [0.2, 0.25) is 0 Å². The van der Waals surface area contributed by atoms with Crippen molar-refractivity contribution in [2.75, 3.05) is 0 Å². The fraction of sp³-hybridized carbons (Fsp3) is 0.355. The summed E-state index contributed by atoms with van der Waals surface area (Å²) in [5, 5.41) is 22.2. The highest BCUT2D eigenvalue weighted by Gasteiger charge is 2.34. The summed E-state index contributed by atoms with van der Waals surface area (Å²) in [7, 11) is 0. The van der Waals surface area contributed by atoms with Gasteiger partial charge in [0.1, 0.15) is 0 Å². The molecule has 2 aromatic carbocycles. The van der Waals surface area contributed by atoms with Crippen LogP contribution in [0.3, 0.4) is 0 Å². The number of nitro benzene ring substituents is 2. The summed E-state index contributed by atoms with van der Waals surface area (Å²) >= 11 is 0. The molecule has 0 fully saturated rings. The predicted molar refractivity (Wildman–Crippen MR) is 154 cm³/mol. The van der Waals surface area contributed by atoms with Crippen LogP contribution in [0, 0.1) is 20.2 Å². The second-order valence-electron chi connectivity index (χ2n) is 9.98. The van der Waals surface area contributed by atoms with E-state index in [0.717, 1.165) is 50.7 Å². The normalized spacial score (nSPS) is 13.0. The Bertz CT molecular complexity index is 1470. The number of rotatable bonds is 16. The molecule has 0 unspecified atom stereocenters. The Morgan fingerprint density at radius 1 is 0.721 bits per heavy atom. The standard InChI is InChI=1S/C31H32N2O10/c1-2-3-4-5-6-7-8-9-10-17-25-28(35)27(42-30(36)21-13-11-15-23(18-21)32(38)39)20-26(34)29(25)43-31(37)22-14-12-16-24(19-22)33(40)41/h11-16,18-20H,2-10,17H2,1H3. The Labute approximate surface area is 247 Å². The fourth-order valence-electron chi connectivity index (χ4n) is 4.48. The van der Waals surface area contributed by atoms with Crippen molar-refractivity contribution < 1.29 is 38.5 Å². The van der Waals surface area contributed by atoms with Crippen LogP contribution in [0.1, 0.15) is 91.8 Å². The lowest BCUT2D eigenvalue weighted by Crippen LogP contribution is -2.25. The minimum absolute atomic E-state index is 0.0453. The average molecular weight is 593 g/mol. The highest BCUT2D eigenvalue weighted by molar-refractivity contribution is 6.22. The number of esters is 2. The van der Waals surface area contributed by atoms with Crippen LogP contribution in [-0.2, 0) is 19.1 Å². The number of benzene rings is 2. The van der Waals surface area contributed by atoms with Crippen molar-refractivity contribution in [3.8, 4) is 0 Å². The van der Waals surface area contributed by atoms with Crippen molar-refractivity contribution >= 4 is 34.9 Å². The zero-order chi connectivity index (χ0) is 31.4. The molecular weight excluding hydrogens is 560 g/mol. The van der Waals surface area contributed by atoms with Crippen LogP contribution >= 0.6 is 0 Å². The molecule has 0 saturated carbocycles. The molecule has 0 radical (unpaired) electrons. The molecule has 226 valence electrons. The van der Waals surface area contributed by atoms with Gasteiger partial charge < -0.3 is 9.47 Å². The van der Waals surface area contributed by atoms with Gasteiger partial charge in [-0.2, -0.15) is 0 Å². The largest absolute Gasteiger partial charge is 0.419 e. The lowest BCUT2D eigenvalue weighted by molar-refractivity contribution is -0.385.